The molecule has 1 N–H and O–H groups in total. The number of hydrogen-bond donors (Lipinski definition) is 1. The Morgan fingerprint density at radius 2 is 2.21 bits per heavy atom. The van der Waals surface area contributed by atoms with E-state index in [4.69, 9.17) is 10.4 Å². The maximum Gasteiger partial charge on any atom is 0.435 e. The van der Waals surface area contributed by atoms with Gasteiger partial charge < -0.3 is 5.11 Å². The van der Waals surface area contributed by atoms with Crippen molar-refractivity contribution in [3.05, 3.63) is 17.0 Å². The zero-order chi connectivity index (χ0) is 14.0. The Kier molecular flexibility index (Phi) is 3.80. The normalized spacial score (nSPS) is 19.0. The lowest BCUT2D eigenvalue weighted by atomic mass is 9.83. The Morgan fingerprint density at radius 3 is 2.79 bits per heavy atom. The highest BCUT2D eigenvalue weighted by Crippen LogP contribution is 2.42. The van der Waals surface area contributed by atoms with Crippen molar-refractivity contribution >= 4 is 0 Å². The summed E-state index contributed by atoms with van der Waals surface area (Å²) in [5.74, 6) is -0.405. The number of hydrogen-bond acceptors (Lipinski definition) is 3. The Labute approximate surface area is 108 Å². The number of halogens is 3. The minimum atomic E-state index is -4.52. The molecular weight excluding hydrogens is 259 g/mol. The van der Waals surface area contributed by atoms with Gasteiger partial charge in [-0.3, -0.25) is 4.68 Å². The molecule has 1 aliphatic carbocycles. The van der Waals surface area contributed by atoms with Gasteiger partial charge in [0.1, 0.15) is 0 Å². The standard InChI is InChI=1S/C12H14F3N3O/c13-12(14,15)11-10-8(4-5-16)2-1-3-9(10)18(17-11)6-7-19/h8,19H,1-4,6-7H2. The number of alkyl halides is 3. The molecular formula is C12H14F3N3O. The largest absolute Gasteiger partial charge is 0.435 e. The van der Waals surface area contributed by atoms with E-state index in [1.54, 1.807) is 0 Å². The van der Waals surface area contributed by atoms with Crippen LogP contribution in [-0.4, -0.2) is 21.5 Å². The number of aliphatic hydroxyl groups is 1. The molecule has 1 heterocycles. The van der Waals surface area contributed by atoms with Crippen LogP contribution in [0.25, 0.3) is 0 Å². The minimum absolute atomic E-state index is 0.0533. The van der Waals surface area contributed by atoms with Crippen LogP contribution in [0.15, 0.2) is 0 Å². The molecule has 1 aromatic rings. The van der Waals surface area contributed by atoms with Crippen molar-refractivity contribution in [1.82, 2.24) is 9.78 Å². The predicted molar refractivity (Wildman–Crippen MR) is 60.2 cm³/mol. The number of nitriles is 1. The molecule has 2 rings (SSSR count). The van der Waals surface area contributed by atoms with Gasteiger partial charge >= 0.3 is 6.18 Å². The maximum absolute atomic E-state index is 13.0. The molecule has 0 amide bonds. The van der Waals surface area contributed by atoms with Crippen molar-refractivity contribution in [2.24, 2.45) is 0 Å². The second-order valence-corrected chi connectivity index (χ2v) is 4.60. The Balaban J connectivity index is 2.53. The van der Waals surface area contributed by atoms with Crippen LogP contribution in [0.4, 0.5) is 13.2 Å². The Morgan fingerprint density at radius 1 is 1.47 bits per heavy atom. The summed E-state index contributed by atoms with van der Waals surface area (Å²) in [6.45, 7) is -0.202. The number of aromatic nitrogens is 2. The fraction of sp³-hybridized carbons (Fsp3) is 0.667. The summed E-state index contributed by atoms with van der Waals surface area (Å²) in [5.41, 5.74) is -0.211. The molecule has 0 saturated heterocycles. The van der Waals surface area contributed by atoms with Gasteiger partial charge in [-0.05, 0) is 19.3 Å². The highest BCUT2D eigenvalue weighted by molar-refractivity contribution is 5.35. The van der Waals surface area contributed by atoms with E-state index in [9.17, 15) is 13.2 Å². The molecule has 0 saturated carbocycles. The summed E-state index contributed by atoms with van der Waals surface area (Å²) in [7, 11) is 0. The van der Waals surface area contributed by atoms with Crippen LogP contribution in [0.3, 0.4) is 0 Å². The first-order chi connectivity index (χ1) is 8.99. The van der Waals surface area contributed by atoms with Crippen molar-refractivity contribution in [3.8, 4) is 6.07 Å². The highest BCUT2D eigenvalue weighted by Gasteiger charge is 2.42. The zero-order valence-corrected chi connectivity index (χ0v) is 10.2. The monoisotopic (exact) mass is 273 g/mol. The van der Waals surface area contributed by atoms with E-state index in [0.717, 1.165) is 6.42 Å². The molecule has 0 bridgehead atoms. The zero-order valence-electron chi connectivity index (χ0n) is 10.2. The molecule has 0 fully saturated rings. The lowest BCUT2D eigenvalue weighted by molar-refractivity contribution is -0.142. The molecule has 1 aliphatic rings. The van der Waals surface area contributed by atoms with Crippen molar-refractivity contribution in [2.75, 3.05) is 6.61 Å². The molecule has 4 nitrogen and oxygen atoms in total. The van der Waals surface area contributed by atoms with Crippen LogP contribution in [-0.2, 0) is 19.1 Å². The molecule has 0 aromatic carbocycles. The fourth-order valence-corrected chi connectivity index (χ4v) is 2.67. The Hall–Kier alpha value is -1.55. The van der Waals surface area contributed by atoms with Crippen LogP contribution in [0.2, 0.25) is 0 Å². The predicted octanol–water partition coefficient (Wildman–Crippen LogP) is 2.23. The number of fused-ring (bicyclic) bond motifs is 1. The van der Waals surface area contributed by atoms with E-state index in [1.807, 2.05) is 6.07 Å². The topological polar surface area (TPSA) is 61.8 Å². The number of aliphatic hydroxyl groups excluding tert-OH is 1. The minimum Gasteiger partial charge on any atom is -0.394 e. The average Bonchev–Trinajstić information content (AvgIpc) is 2.70. The van der Waals surface area contributed by atoms with Gasteiger partial charge in [-0.2, -0.15) is 23.5 Å². The van der Waals surface area contributed by atoms with E-state index in [-0.39, 0.29) is 25.1 Å². The molecule has 104 valence electrons. The van der Waals surface area contributed by atoms with Gasteiger partial charge in [-0.1, -0.05) is 0 Å². The fourth-order valence-electron chi connectivity index (χ4n) is 2.67. The van der Waals surface area contributed by atoms with E-state index < -0.39 is 17.8 Å². The summed E-state index contributed by atoms with van der Waals surface area (Å²) >= 11 is 0. The van der Waals surface area contributed by atoms with Crippen LogP contribution in [0.5, 0.6) is 0 Å². The third kappa shape index (κ3) is 2.59. The first kappa shape index (κ1) is 13.9. The van der Waals surface area contributed by atoms with Crippen molar-refractivity contribution < 1.29 is 18.3 Å². The van der Waals surface area contributed by atoms with Gasteiger partial charge in [0.05, 0.1) is 19.2 Å². The van der Waals surface area contributed by atoms with Crippen LogP contribution in [0.1, 0.15) is 42.1 Å². The van der Waals surface area contributed by atoms with Gasteiger partial charge in [0.15, 0.2) is 5.69 Å². The summed E-state index contributed by atoms with van der Waals surface area (Å²) < 4.78 is 40.3. The van der Waals surface area contributed by atoms with E-state index >= 15 is 0 Å². The van der Waals surface area contributed by atoms with Gasteiger partial charge in [0, 0.05) is 23.6 Å². The summed E-state index contributed by atoms with van der Waals surface area (Å²) in [6.07, 6.45) is -2.61. The van der Waals surface area contributed by atoms with Crippen molar-refractivity contribution in [2.45, 2.75) is 44.3 Å². The van der Waals surface area contributed by atoms with Gasteiger partial charge in [0.2, 0.25) is 0 Å². The summed E-state index contributed by atoms with van der Waals surface area (Å²) in [5, 5.41) is 21.3. The molecule has 19 heavy (non-hydrogen) atoms. The van der Waals surface area contributed by atoms with Gasteiger partial charge in [-0.25, -0.2) is 0 Å². The van der Waals surface area contributed by atoms with E-state index in [1.165, 1.54) is 4.68 Å². The molecule has 1 unspecified atom stereocenters. The van der Waals surface area contributed by atoms with Crippen LogP contribution < -0.4 is 0 Å². The van der Waals surface area contributed by atoms with E-state index in [2.05, 4.69) is 5.10 Å². The molecule has 1 atom stereocenters. The second-order valence-electron chi connectivity index (χ2n) is 4.60. The molecule has 7 heteroatoms. The van der Waals surface area contributed by atoms with Crippen molar-refractivity contribution in [1.29, 1.82) is 5.26 Å². The molecule has 0 spiro atoms. The van der Waals surface area contributed by atoms with Crippen LogP contribution in [0, 0.1) is 11.3 Å². The smallest absolute Gasteiger partial charge is 0.394 e. The third-order valence-corrected chi connectivity index (χ3v) is 3.39. The molecule has 0 aliphatic heterocycles. The number of rotatable bonds is 3. The summed E-state index contributed by atoms with van der Waals surface area (Å²) in [4.78, 5) is 0. The van der Waals surface area contributed by atoms with Crippen molar-refractivity contribution in [3.63, 3.8) is 0 Å². The molecule has 0 radical (unpaired) electrons. The summed E-state index contributed by atoms with van der Waals surface area (Å²) in [6, 6.07) is 1.94. The van der Waals surface area contributed by atoms with E-state index in [0.29, 0.717) is 18.5 Å². The maximum atomic E-state index is 13.0. The Bertz CT molecular complexity index is 502. The quantitative estimate of drug-likeness (QED) is 0.918. The lowest BCUT2D eigenvalue weighted by Gasteiger charge is -2.22. The lowest BCUT2D eigenvalue weighted by Crippen LogP contribution is -2.16. The van der Waals surface area contributed by atoms with Gasteiger partial charge in [0.25, 0.3) is 0 Å². The average molecular weight is 273 g/mol. The van der Waals surface area contributed by atoms with Crippen LogP contribution >= 0.6 is 0 Å². The number of nitrogens with zero attached hydrogens (tertiary/aromatic N) is 3. The first-order valence-corrected chi connectivity index (χ1v) is 6.13. The highest BCUT2D eigenvalue weighted by atomic mass is 19.4. The second kappa shape index (κ2) is 5.21. The SMILES string of the molecule is N#CCC1CCCc2c1c(C(F)(F)F)nn2CCO. The third-order valence-electron chi connectivity index (χ3n) is 3.39. The van der Waals surface area contributed by atoms with Gasteiger partial charge in [-0.15, -0.1) is 0 Å². The first-order valence-electron chi connectivity index (χ1n) is 6.13. The molecule has 1 aromatic heterocycles.